The van der Waals surface area contributed by atoms with E-state index in [1.807, 2.05) is 18.3 Å². The van der Waals surface area contributed by atoms with Crippen molar-refractivity contribution in [3.8, 4) is 44.6 Å². The van der Waals surface area contributed by atoms with Crippen LogP contribution in [-0.4, -0.2) is 4.98 Å². The summed E-state index contributed by atoms with van der Waals surface area (Å²) in [5.74, 6) is 0. The second kappa shape index (κ2) is 8.94. The second-order valence-electron chi connectivity index (χ2n) is 7.89. The largest absolute Gasteiger partial charge is 0.256 e. The van der Waals surface area contributed by atoms with Gasteiger partial charge in [-0.2, -0.15) is 0 Å². The quantitative estimate of drug-likeness (QED) is 0.253. The standard InChI is InChI=1S/C30H22BrN/c1-21-18-30(24-16-14-23(15-17-24)27-12-5-6-13-29(27)31)32-20-28(21)26-11-7-10-25(19-26)22-8-3-2-4-9-22/h2-20H,1H3. The van der Waals surface area contributed by atoms with Crippen LogP contribution in [0.25, 0.3) is 44.6 Å². The minimum Gasteiger partial charge on any atom is -0.256 e. The Morgan fingerprint density at radius 3 is 1.94 bits per heavy atom. The summed E-state index contributed by atoms with van der Waals surface area (Å²) in [6.07, 6.45) is 2.00. The van der Waals surface area contributed by atoms with E-state index in [-0.39, 0.29) is 0 Å². The molecule has 0 N–H and O–H groups in total. The summed E-state index contributed by atoms with van der Waals surface area (Å²) >= 11 is 3.64. The lowest BCUT2D eigenvalue weighted by Gasteiger charge is -2.11. The van der Waals surface area contributed by atoms with Crippen molar-refractivity contribution in [2.45, 2.75) is 6.92 Å². The Morgan fingerprint density at radius 2 is 1.19 bits per heavy atom. The molecular formula is C30H22BrN. The lowest BCUT2D eigenvalue weighted by atomic mass is 9.96. The average Bonchev–Trinajstić information content (AvgIpc) is 2.85. The molecule has 0 unspecified atom stereocenters. The highest BCUT2D eigenvalue weighted by Gasteiger charge is 2.09. The van der Waals surface area contributed by atoms with Gasteiger partial charge in [0.05, 0.1) is 5.69 Å². The van der Waals surface area contributed by atoms with Gasteiger partial charge in [-0.15, -0.1) is 0 Å². The third-order valence-electron chi connectivity index (χ3n) is 5.76. The van der Waals surface area contributed by atoms with Gasteiger partial charge >= 0.3 is 0 Å². The first kappa shape index (κ1) is 20.4. The van der Waals surface area contributed by atoms with Crippen molar-refractivity contribution in [1.82, 2.24) is 4.98 Å². The van der Waals surface area contributed by atoms with Crippen LogP contribution in [0, 0.1) is 6.92 Å². The molecule has 0 aliphatic carbocycles. The second-order valence-corrected chi connectivity index (χ2v) is 8.74. The van der Waals surface area contributed by atoms with E-state index in [0.717, 1.165) is 21.3 Å². The number of hydrogen-bond acceptors (Lipinski definition) is 1. The number of aromatic nitrogens is 1. The van der Waals surface area contributed by atoms with Crippen molar-refractivity contribution in [3.05, 3.63) is 125 Å². The molecule has 0 saturated carbocycles. The highest BCUT2D eigenvalue weighted by atomic mass is 79.9. The van der Waals surface area contributed by atoms with Gasteiger partial charge in [-0.25, -0.2) is 0 Å². The first-order valence-corrected chi connectivity index (χ1v) is 11.5. The van der Waals surface area contributed by atoms with E-state index in [2.05, 4.69) is 120 Å². The van der Waals surface area contributed by atoms with Crippen LogP contribution in [0.1, 0.15) is 5.56 Å². The smallest absolute Gasteiger partial charge is 0.0705 e. The molecule has 0 aliphatic heterocycles. The summed E-state index contributed by atoms with van der Waals surface area (Å²) in [5, 5.41) is 0. The van der Waals surface area contributed by atoms with Crippen molar-refractivity contribution in [3.63, 3.8) is 0 Å². The fourth-order valence-electron chi connectivity index (χ4n) is 4.03. The minimum absolute atomic E-state index is 0.990. The highest BCUT2D eigenvalue weighted by molar-refractivity contribution is 9.10. The summed E-state index contributed by atoms with van der Waals surface area (Å²) in [7, 11) is 0. The zero-order valence-electron chi connectivity index (χ0n) is 17.8. The molecule has 0 bridgehead atoms. The molecule has 0 amide bonds. The molecule has 0 aliphatic rings. The van der Waals surface area contributed by atoms with Crippen molar-refractivity contribution in [2.24, 2.45) is 0 Å². The molecule has 2 heteroatoms. The molecule has 4 aromatic carbocycles. The van der Waals surface area contributed by atoms with Gasteiger partial charge in [-0.1, -0.05) is 107 Å². The van der Waals surface area contributed by atoms with Crippen LogP contribution < -0.4 is 0 Å². The molecule has 0 fully saturated rings. The van der Waals surface area contributed by atoms with Crippen LogP contribution in [0.5, 0.6) is 0 Å². The zero-order valence-corrected chi connectivity index (χ0v) is 19.4. The van der Waals surface area contributed by atoms with E-state index in [1.165, 1.54) is 33.4 Å². The number of hydrogen-bond donors (Lipinski definition) is 0. The molecule has 32 heavy (non-hydrogen) atoms. The van der Waals surface area contributed by atoms with Crippen LogP contribution in [-0.2, 0) is 0 Å². The highest BCUT2D eigenvalue weighted by Crippen LogP contribution is 2.32. The van der Waals surface area contributed by atoms with Crippen LogP contribution in [0.2, 0.25) is 0 Å². The third kappa shape index (κ3) is 4.15. The molecule has 1 heterocycles. The number of halogens is 1. The maximum Gasteiger partial charge on any atom is 0.0705 e. The van der Waals surface area contributed by atoms with Crippen LogP contribution in [0.15, 0.2) is 120 Å². The molecule has 0 radical (unpaired) electrons. The van der Waals surface area contributed by atoms with Crippen LogP contribution in [0.4, 0.5) is 0 Å². The maximum atomic E-state index is 4.80. The first-order chi connectivity index (χ1) is 15.7. The normalized spacial score (nSPS) is 10.8. The van der Waals surface area contributed by atoms with E-state index >= 15 is 0 Å². The summed E-state index contributed by atoms with van der Waals surface area (Å²) in [6, 6.07) is 38.2. The van der Waals surface area contributed by atoms with Gasteiger partial charge in [0.2, 0.25) is 0 Å². The van der Waals surface area contributed by atoms with Gasteiger partial charge in [0.15, 0.2) is 0 Å². The van der Waals surface area contributed by atoms with E-state index in [1.54, 1.807) is 0 Å². The maximum absolute atomic E-state index is 4.80. The first-order valence-electron chi connectivity index (χ1n) is 10.7. The Hall–Kier alpha value is -3.49. The van der Waals surface area contributed by atoms with Gasteiger partial charge in [0, 0.05) is 21.8 Å². The molecule has 5 aromatic rings. The third-order valence-corrected chi connectivity index (χ3v) is 6.45. The lowest BCUT2D eigenvalue weighted by molar-refractivity contribution is 1.29. The number of benzene rings is 4. The number of rotatable bonds is 4. The summed E-state index contributed by atoms with van der Waals surface area (Å²) in [6.45, 7) is 2.16. The van der Waals surface area contributed by atoms with Gasteiger partial charge in [-0.3, -0.25) is 4.98 Å². The predicted octanol–water partition coefficient (Wildman–Crippen LogP) is 8.82. The van der Waals surface area contributed by atoms with Crippen molar-refractivity contribution < 1.29 is 0 Å². The van der Waals surface area contributed by atoms with Gasteiger partial charge in [0.25, 0.3) is 0 Å². The van der Waals surface area contributed by atoms with Crippen LogP contribution >= 0.6 is 15.9 Å². The van der Waals surface area contributed by atoms with E-state index < -0.39 is 0 Å². The fraction of sp³-hybridized carbons (Fsp3) is 0.0333. The topological polar surface area (TPSA) is 12.9 Å². The van der Waals surface area contributed by atoms with Gasteiger partial charge < -0.3 is 0 Å². The van der Waals surface area contributed by atoms with Gasteiger partial charge in [-0.05, 0) is 58.5 Å². The van der Waals surface area contributed by atoms with E-state index in [4.69, 9.17) is 4.98 Å². The summed E-state index contributed by atoms with van der Waals surface area (Å²) < 4.78 is 1.10. The number of pyridine rings is 1. The Labute approximate surface area is 197 Å². The minimum atomic E-state index is 0.990. The molecule has 5 rings (SSSR count). The Balaban J connectivity index is 1.45. The average molecular weight is 476 g/mol. The fourth-order valence-corrected chi connectivity index (χ4v) is 4.54. The number of aryl methyl sites for hydroxylation is 1. The predicted molar refractivity (Wildman–Crippen MR) is 138 cm³/mol. The molecule has 0 spiro atoms. The molecular weight excluding hydrogens is 454 g/mol. The van der Waals surface area contributed by atoms with E-state index in [9.17, 15) is 0 Å². The molecule has 0 atom stereocenters. The van der Waals surface area contributed by atoms with Gasteiger partial charge in [0.1, 0.15) is 0 Å². The molecule has 1 aromatic heterocycles. The summed E-state index contributed by atoms with van der Waals surface area (Å²) in [5.41, 5.74) is 10.5. The molecule has 0 saturated heterocycles. The zero-order chi connectivity index (χ0) is 21.9. The Kier molecular flexibility index (Phi) is 5.70. The SMILES string of the molecule is Cc1cc(-c2ccc(-c3ccccc3Br)cc2)ncc1-c1cccc(-c2ccccc2)c1. The van der Waals surface area contributed by atoms with Crippen molar-refractivity contribution >= 4 is 15.9 Å². The Morgan fingerprint density at radius 1 is 0.531 bits per heavy atom. The van der Waals surface area contributed by atoms with E-state index in [0.29, 0.717) is 0 Å². The number of nitrogens with zero attached hydrogens (tertiary/aromatic N) is 1. The lowest BCUT2D eigenvalue weighted by Crippen LogP contribution is -1.90. The molecule has 1 nitrogen and oxygen atoms in total. The molecule has 154 valence electrons. The van der Waals surface area contributed by atoms with Crippen molar-refractivity contribution in [2.75, 3.05) is 0 Å². The van der Waals surface area contributed by atoms with Crippen LogP contribution in [0.3, 0.4) is 0 Å². The van der Waals surface area contributed by atoms with Crippen molar-refractivity contribution in [1.29, 1.82) is 0 Å². The Bertz CT molecular complexity index is 1370. The monoisotopic (exact) mass is 475 g/mol. The summed E-state index contributed by atoms with van der Waals surface area (Å²) in [4.78, 5) is 4.80.